The van der Waals surface area contributed by atoms with E-state index in [1.54, 1.807) is 16.7 Å². The van der Waals surface area contributed by atoms with Crippen LogP contribution in [0, 0.1) is 12.7 Å². The quantitative estimate of drug-likeness (QED) is 0.259. The molecule has 0 aliphatic rings. The normalized spacial score (nSPS) is 11.3. The third kappa shape index (κ3) is 4.28. The minimum atomic E-state index is -0.448. The molecule has 0 fully saturated rings. The van der Waals surface area contributed by atoms with Crippen LogP contribution in [0.15, 0.2) is 77.0 Å². The van der Waals surface area contributed by atoms with Crippen LogP contribution in [0.5, 0.6) is 5.88 Å². The maximum absolute atomic E-state index is 14.3. The zero-order valence-electron chi connectivity index (χ0n) is 16.5. The Morgan fingerprint density at radius 1 is 1.10 bits per heavy atom. The fraction of sp³-hybridized carbons (Fsp3) is 0.0870. The van der Waals surface area contributed by atoms with Gasteiger partial charge >= 0.3 is 0 Å². The van der Waals surface area contributed by atoms with E-state index in [0.29, 0.717) is 10.9 Å². The predicted molar refractivity (Wildman–Crippen MR) is 126 cm³/mol. The Morgan fingerprint density at radius 3 is 2.61 bits per heavy atom. The van der Waals surface area contributed by atoms with Crippen LogP contribution in [-0.2, 0) is 6.54 Å². The molecule has 31 heavy (non-hydrogen) atoms. The van der Waals surface area contributed by atoms with Gasteiger partial charge in [0.15, 0.2) is 5.69 Å². The van der Waals surface area contributed by atoms with E-state index in [0.717, 1.165) is 11.3 Å². The van der Waals surface area contributed by atoms with Crippen LogP contribution in [0.3, 0.4) is 0 Å². The number of halogens is 2. The standard InChI is InChI=1S/C23H18ClFN4OS/c1-14-7-2-4-11-19(14)26-23(31)28-27-21-15-8-3-5-12-20(15)29(22(21)30)13-16-17(24)9-6-10-18(16)25/h2-12,30H,13H2,1H3,(H,26,31). The SMILES string of the molecule is Cc1ccccc1NC(=S)N=Nc1c(O)n(Cc2c(F)cccc2Cl)c2ccccc12. The smallest absolute Gasteiger partial charge is 0.221 e. The van der Waals surface area contributed by atoms with Crippen molar-refractivity contribution in [2.24, 2.45) is 10.2 Å². The van der Waals surface area contributed by atoms with Crippen LogP contribution < -0.4 is 5.32 Å². The topological polar surface area (TPSA) is 61.9 Å². The van der Waals surface area contributed by atoms with Crippen LogP contribution in [0.2, 0.25) is 5.02 Å². The average Bonchev–Trinajstić information content (AvgIpc) is 3.02. The van der Waals surface area contributed by atoms with E-state index in [1.807, 2.05) is 49.4 Å². The number of rotatable bonds is 4. The van der Waals surface area contributed by atoms with Crippen LogP contribution in [0.4, 0.5) is 15.8 Å². The molecule has 4 aromatic rings. The lowest BCUT2D eigenvalue weighted by Crippen LogP contribution is -2.06. The summed E-state index contributed by atoms with van der Waals surface area (Å²) < 4.78 is 15.9. The largest absolute Gasteiger partial charge is 0.493 e. The van der Waals surface area contributed by atoms with E-state index in [4.69, 9.17) is 23.8 Å². The summed E-state index contributed by atoms with van der Waals surface area (Å²) in [4.78, 5) is 0. The fourth-order valence-corrected chi connectivity index (χ4v) is 3.69. The number of fused-ring (bicyclic) bond motifs is 1. The zero-order chi connectivity index (χ0) is 22.0. The molecule has 0 aliphatic carbocycles. The molecule has 0 radical (unpaired) electrons. The van der Waals surface area contributed by atoms with Crippen molar-refractivity contribution in [2.75, 3.05) is 5.32 Å². The van der Waals surface area contributed by atoms with Crippen molar-refractivity contribution in [2.45, 2.75) is 13.5 Å². The molecular weight excluding hydrogens is 435 g/mol. The van der Waals surface area contributed by atoms with Gasteiger partial charge in [0.25, 0.3) is 0 Å². The number of anilines is 1. The summed E-state index contributed by atoms with van der Waals surface area (Å²) in [7, 11) is 0. The van der Waals surface area contributed by atoms with Crippen LogP contribution in [0.25, 0.3) is 10.9 Å². The molecular formula is C23H18ClFN4OS. The lowest BCUT2D eigenvalue weighted by Gasteiger charge is -2.10. The van der Waals surface area contributed by atoms with Gasteiger partial charge in [-0.1, -0.05) is 54.1 Å². The molecule has 0 saturated heterocycles. The molecule has 8 heteroatoms. The molecule has 0 spiro atoms. The lowest BCUT2D eigenvalue weighted by molar-refractivity contribution is 0.428. The first-order valence-corrected chi connectivity index (χ1v) is 10.3. The van der Waals surface area contributed by atoms with Gasteiger partial charge in [-0.2, -0.15) is 0 Å². The number of hydrogen-bond donors (Lipinski definition) is 2. The Morgan fingerprint density at radius 2 is 1.84 bits per heavy atom. The van der Waals surface area contributed by atoms with E-state index in [1.165, 1.54) is 12.1 Å². The van der Waals surface area contributed by atoms with Gasteiger partial charge < -0.3 is 15.0 Å². The highest BCUT2D eigenvalue weighted by molar-refractivity contribution is 7.80. The van der Waals surface area contributed by atoms with E-state index in [2.05, 4.69) is 15.5 Å². The highest BCUT2D eigenvalue weighted by Crippen LogP contribution is 2.40. The van der Waals surface area contributed by atoms with Gasteiger partial charge in [0.2, 0.25) is 11.0 Å². The number of aromatic hydroxyl groups is 1. The van der Waals surface area contributed by atoms with Gasteiger partial charge in [0.1, 0.15) is 5.82 Å². The Labute approximate surface area is 188 Å². The van der Waals surface area contributed by atoms with E-state index in [-0.39, 0.29) is 33.8 Å². The summed E-state index contributed by atoms with van der Waals surface area (Å²) in [6.45, 7) is 1.99. The number of nitrogens with one attached hydrogen (secondary N) is 1. The minimum Gasteiger partial charge on any atom is -0.493 e. The number of aryl methyl sites for hydroxylation is 1. The van der Waals surface area contributed by atoms with Crippen molar-refractivity contribution in [1.82, 2.24) is 4.57 Å². The molecule has 3 aromatic carbocycles. The van der Waals surface area contributed by atoms with Gasteiger partial charge in [-0.3, -0.25) is 0 Å². The molecule has 0 aliphatic heterocycles. The molecule has 0 atom stereocenters. The molecule has 1 heterocycles. The van der Waals surface area contributed by atoms with Crippen molar-refractivity contribution in [3.8, 4) is 5.88 Å². The summed E-state index contributed by atoms with van der Waals surface area (Å²) in [5.41, 5.74) is 3.04. The first-order valence-electron chi connectivity index (χ1n) is 9.47. The number of thiocarbonyl (C=S) groups is 1. The molecule has 4 rings (SSSR count). The number of nitrogens with zero attached hydrogens (tertiary/aromatic N) is 3. The molecule has 156 valence electrons. The van der Waals surface area contributed by atoms with Crippen LogP contribution >= 0.6 is 23.8 Å². The second kappa shape index (κ2) is 8.83. The van der Waals surface area contributed by atoms with Gasteiger partial charge in [-0.25, -0.2) is 4.39 Å². The maximum atomic E-state index is 14.3. The van der Waals surface area contributed by atoms with E-state index < -0.39 is 5.82 Å². The Hall–Kier alpha value is -3.29. The van der Waals surface area contributed by atoms with E-state index in [9.17, 15) is 9.50 Å². The molecule has 0 saturated carbocycles. The first kappa shape index (κ1) is 21.0. The molecule has 0 bridgehead atoms. The molecule has 5 nitrogen and oxygen atoms in total. The Bertz CT molecular complexity index is 1300. The van der Waals surface area contributed by atoms with Crippen LogP contribution in [-0.4, -0.2) is 14.8 Å². The molecule has 1 aromatic heterocycles. The van der Waals surface area contributed by atoms with Gasteiger partial charge in [-0.05, 0) is 49.0 Å². The second-order valence-corrected chi connectivity index (χ2v) is 7.71. The third-order valence-corrected chi connectivity index (χ3v) is 5.46. The highest BCUT2D eigenvalue weighted by atomic mass is 35.5. The summed E-state index contributed by atoms with van der Waals surface area (Å²) in [6, 6.07) is 19.4. The van der Waals surface area contributed by atoms with Crippen molar-refractivity contribution >= 4 is 51.2 Å². The van der Waals surface area contributed by atoms with Crippen molar-refractivity contribution in [3.63, 3.8) is 0 Å². The van der Waals surface area contributed by atoms with Gasteiger partial charge in [-0.15, -0.1) is 10.2 Å². The van der Waals surface area contributed by atoms with Gasteiger partial charge in [0, 0.05) is 21.7 Å². The molecule has 2 N–H and O–H groups in total. The lowest BCUT2D eigenvalue weighted by atomic mass is 10.2. The third-order valence-electron chi connectivity index (χ3n) is 4.92. The highest BCUT2D eigenvalue weighted by Gasteiger charge is 2.19. The summed E-state index contributed by atoms with van der Waals surface area (Å²) >= 11 is 11.5. The molecule has 0 unspecified atom stereocenters. The summed E-state index contributed by atoms with van der Waals surface area (Å²) in [6.07, 6.45) is 0. The van der Waals surface area contributed by atoms with Crippen molar-refractivity contribution in [3.05, 3.63) is 88.7 Å². The number of azo groups is 1. The monoisotopic (exact) mass is 452 g/mol. The molecule has 0 amide bonds. The predicted octanol–water partition coefficient (Wildman–Crippen LogP) is 6.98. The second-order valence-electron chi connectivity index (χ2n) is 6.92. The van der Waals surface area contributed by atoms with Crippen molar-refractivity contribution < 1.29 is 9.50 Å². The number of aromatic nitrogens is 1. The van der Waals surface area contributed by atoms with Crippen molar-refractivity contribution in [1.29, 1.82) is 0 Å². The summed E-state index contributed by atoms with van der Waals surface area (Å²) in [5, 5.41) is 23.3. The zero-order valence-corrected chi connectivity index (χ0v) is 18.1. The fourth-order valence-electron chi connectivity index (χ4n) is 3.32. The number of hydrogen-bond acceptors (Lipinski definition) is 3. The van der Waals surface area contributed by atoms with Crippen LogP contribution in [0.1, 0.15) is 11.1 Å². The number of para-hydroxylation sites is 2. The van der Waals surface area contributed by atoms with Gasteiger partial charge in [0.05, 0.1) is 12.1 Å². The Balaban J connectivity index is 1.69. The first-order chi connectivity index (χ1) is 15.0. The Kier molecular flexibility index (Phi) is 5.97. The summed E-state index contributed by atoms with van der Waals surface area (Å²) in [5.74, 6) is -0.598. The van der Waals surface area contributed by atoms with E-state index >= 15 is 0 Å². The maximum Gasteiger partial charge on any atom is 0.221 e. The number of benzene rings is 3. The minimum absolute atomic E-state index is 0.0410. The average molecular weight is 453 g/mol.